The Morgan fingerprint density at radius 3 is 2.67 bits per heavy atom. The summed E-state index contributed by atoms with van der Waals surface area (Å²) in [5, 5.41) is 12.7. The molecule has 1 aromatic rings. The molecule has 3 heterocycles. The molecule has 0 radical (unpaired) electrons. The van der Waals surface area contributed by atoms with E-state index in [9.17, 15) is 4.79 Å². The predicted octanol–water partition coefficient (Wildman–Crippen LogP) is 1.42. The molecule has 2 saturated heterocycles. The van der Waals surface area contributed by atoms with Gasteiger partial charge in [-0.2, -0.15) is 0 Å². The molecule has 4 rings (SSSR count). The molecule has 8 heteroatoms. The zero-order chi connectivity index (χ0) is 18.7. The second-order valence-electron chi connectivity index (χ2n) is 8.29. The summed E-state index contributed by atoms with van der Waals surface area (Å²) in [5.41, 5.74) is -0.264. The van der Waals surface area contributed by atoms with Gasteiger partial charge in [-0.05, 0) is 62.0 Å². The molecule has 1 aromatic heterocycles. The number of carbonyl (C=O) groups excluding carboxylic acids is 1. The standard InChI is InChI=1S/C19H32N6O2/c1-27-14-13-25-18(20-21-22-25)19(24-11-4-5-12-24)9-6-10-23(15-19)17(26)16-7-2-3-8-16/h16H,2-15H2,1H3. The molecule has 1 saturated carbocycles. The number of aromatic nitrogens is 4. The fourth-order valence-electron chi connectivity index (χ4n) is 5.25. The minimum atomic E-state index is -0.264. The summed E-state index contributed by atoms with van der Waals surface area (Å²) >= 11 is 0. The van der Waals surface area contributed by atoms with Gasteiger partial charge in [0.15, 0.2) is 5.82 Å². The first-order chi connectivity index (χ1) is 13.2. The van der Waals surface area contributed by atoms with Gasteiger partial charge in [-0.3, -0.25) is 9.69 Å². The topological polar surface area (TPSA) is 76.4 Å². The Morgan fingerprint density at radius 2 is 1.93 bits per heavy atom. The van der Waals surface area contributed by atoms with E-state index >= 15 is 0 Å². The highest BCUT2D eigenvalue weighted by atomic mass is 16.5. The number of likely N-dealkylation sites (tertiary alicyclic amines) is 2. The Morgan fingerprint density at radius 1 is 1.15 bits per heavy atom. The maximum Gasteiger partial charge on any atom is 0.225 e. The average molecular weight is 377 g/mol. The molecule has 1 aliphatic carbocycles. The van der Waals surface area contributed by atoms with Gasteiger partial charge in [-0.1, -0.05) is 12.8 Å². The number of tetrazole rings is 1. The van der Waals surface area contributed by atoms with E-state index in [1.807, 2.05) is 4.68 Å². The third-order valence-electron chi connectivity index (χ3n) is 6.65. The molecule has 0 spiro atoms. The van der Waals surface area contributed by atoms with E-state index in [0.717, 1.165) is 57.7 Å². The molecule has 27 heavy (non-hydrogen) atoms. The van der Waals surface area contributed by atoms with Crippen molar-refractivity contribution in [3.63, 3.8) is 0 Å². The fraction of sp³-hybridized carbons (Fsp3) is 0.895. The Balaban J connectivity index is 1.62. The minimum absolute atomic E-state index is 0.226. The van der Waals surface area contributed by atoms with Crippen LogP contribution in [0.5, 0.6) is 0 Å². The van der Waals surface area contributed by atoms with Crippen molar-refractivity contribution >= 4 is 5.91 Å². The van der Waals surface area contributed by atoms with Crippen molar-refractivity contribution in [2.24, 2.45) is 5.92 Å². The van der Waals surface area contributed by atoms with Crippen molar-refractivity contribution in [3.05, 3.63) is 5.82 Å². The number of methoxy groups -OCH3 is 1. The predicted molar refractivity (Wildman–Crippen MR) is 100.0 cm³/mol. The summed E-state index contributed by atoms with van der Waals surface area (Å²) in [6.45, 7) is 4.93. The largest absolute Gasteiger partial charge is 0.383 e. The Kier molecular flexibility index (Phi) is 5.73. The first-order valence-corrected chi connectivity index (χ1v) is 10.5. The maximum atomic E-state index is 13.2. The quantitative estimate of drug-likeness (QED) is 0.747. The number of piperidine rings is 1. The summed E-state index contributed by atoms with van der Waals surface area (Å²) in [4.78, 5) is 17.8. The molecule has 0 aromatic carbocycles. The normalized spacial score (nSPS) is 27.5. The number of hydrogen-bond donors (Lipinski definition) is 0. The van der Waals surface area contributed by atoms with Crippen LogP contribution in [0.15, 0.2) is 0 Å². The molecular weight excluding hydrogens is 344 g/mol. The van der Waals surface area contributed by atoms with Gasteiger partial charge in [0.05, 0.1) is 13.2 Å². The van der Waals surface area contributed by atoms with E-state index in [1.54, 1.807) is 7.11 Å². The van der Waals surface area contributed by atoms with Gasteiger partial charge in [0.1, 0.15) is 5.54 Å². The van der Waals surface area contributed by atoms with Crippen LogP contribution in [0.2, 0.25) is 0 Å². The van der Waals surface area contributed by atoms with Crippen molar-refractivity contribution in [2.45, 2.75) is 63.5 Å². The molecule has 3 fully saturated rings. The van der Waals surface area contributed by atoms with Crippen LogP contribution in [0.25, 0.3) is 0 Å². The van der Waals surface area contributed by atoms with E-state index < -0.39 is 0 Å². The van der Waals surface area contributed by atoms with Gasteiger partial charge >= 0.3 is 0 Å². The lowest BCUT2D eigenvalue weighted by atomic mass is 9.85. The number of ether oxygens (including phenoxy) is 1. The van der Waals surface area contributed by atoms with Crippen LogP contribution < -0.4 is 0 Å². The fourth-order valence-corrected chi connectivity index (χ4v) is 5.25. The first-order valence-electron chi connectivity index (χ1n) is 10.5. The van der Waals surface area contributed by atoms with E-state index in [-0.39, 0.29) is 11.5 Å². The van der Waals surface area contributed by atoms with Crippen LogP contribution in [0.3, 0.4) is 0 Å². The SMILES string of the molecule is COCCn1nnnc1C1(N2CCCC2)CCCN(C(=O)C2CCCC2)C1. The Hall–Kier alpha value is -1.54. The summed E-state index contributed by atoms with van der Waals surface area (Å²) in [6.07, 6.45) is 8.92. The Bertz CT molecular complexity index is 638. The zero-order valence-electron chi connectivity index (χ0n) is 16.5. The number of carbonyl (C=O) groups is 1. The van der Waals surface area contributed by atoms with Crippen molar-refractivity contribution in [1.82, 2.24) is 30.0 Å². The lowest BCUT2D eigenvalue weighted by Crippen LogP contribution is -2.58. The number of nitrogens with zero attached hydrogens (tertiary/aromatic N) is 6. The molecular formula is C19H32N6O2. The van der Waals surface area contributed by atoms with Gasteiger partial charge < -0.3 is 9.64 Å². The van der Waals surface area contributed by atoms with Crippen molar-refractivity contribution in [3.8, 4) is 0 Å². The van der Waals surface area contributed by atoms with Crippen LogP contribution in [-0.2, 0) is 21.6 Å². The van der Waals surface area contributed by atoms with Crippen molar-refractivity contribution < 1.29 is 9.53 Å². The molecule has 150 valence electrons. The highest BCUT2D eigenvalue weighted by molar-refractivity contribution is 5.79. The monoisotopic (exact) mass is 376 g/mol. The first kappa shape index (κ1) is 18.8. The maximum absolute atomic E-state index is 13.2. The second-order valence-corrected chi connectivity index (χ2v) is 8.29. The molecule has 1 unspecified atom stereocenters. The van der Waals surface area contributed by atoms with Gasteiger partial charge in [-0.25, -0.2) is 4.68 Å². The number of amides is 1. The summed E-state index contributed by atoms with van der Waals surface area (Å²) in [6, 6.07) is 0. The van der Waals surface area contributed by atoms with E-state index in [4.69, 9.17) is 4.74 Å². The molecule has 0 bridgehead atoms. The van der Waals surface area contributed by atoms with Crippen LogP contribution >= 0.6 is 0 Å². The second kappa shape index (κ2) is 8.22. The van der Waals surface area contributed by atoms with Gasteiger partial charge in [0.2, 0.25) is 5.91 Å². The average Bonchev–Trinajstić information content (AvgIpc) is 3.48. The zero-order valence-corrected chi connectivity index (χ0v) is 16.5. The molecule has 2 aliphatic heterocycles. The van der Waals surface area contributed by atoms with E-state index in [0.29, 0.717) is 19.1 Å². The highest BCUT2D eigenvalue weighted by Gasteiger charge is 2.48. The van der Waals surface area contributed by atoms with E-state index in [2.05, 4.69) is 25.3 Å². The Labute approximate surface area is 161 Å². The van der Waals surface area contributed by atoms with Gasteiger partial charge in [0.25, 0.3) is 0 Å². The van der Waals surface area contributed by atoms with E-state index in [1.165, 1.54) is 25.7 Å². The van der Waals surface area contributed by atoms with Gasteiger partial charge in [0, 0.05) is 26.1 Å². The summed E-state index contributed by atoms with van der Waals surface area (Å²) < 4.78 is 7.14. The third-order valence-corrected chi connectivity index (χ3v) is 6.65. The molecule has 0 N–H and O–H groups in total. The third kappa shape index (κ3) is 3.61. The highest BCUT2D eigenvalue weighted by Crippen LogP contribution is 2.39. The molecule has 1 atom stereocenters. The smallest absolute Gasteiger partial charge is 0.225 e. The lowest BCUT2D eigenvalue weighted by Gasteiger charge is -2.47. The number of rotatable bonds is 6. The van der Waals surface area contributed by atoms with Crippen LogP contribution in [0.1, 0.15) is 57.2 Å². The molecule has 3 aliphatic rings. The van der Waals surface area contributed by atoms with Gasteiger partial charge in [-0.15, -0.1) is 5.10 Å². The lowest BCUT2D eigenvalue weighted by molar-refractivity contribution is -0.140. The van der Waals surface area contributed by atoms with Crippen LogP contribution in [-0.4, -0.2) is 75.8 Å². The van der Waals surface area contributed by atoms with Crippen molar-refractivity contribution in [1.29, 1.82) is 0 Å². The van der Waals surface area contributed by atoms with Crippen LogP contribution in [0.4, 0.5) is 0 Å². The van der Waals surface area contributed by atoms with Crippen molar-refractivity contribution in [2.75, 3.05) is 39.9 Å². The molecule has 8 nitrogen and oxygen atoms in total. The summed E-state index contributed by atoms with van der Waals surface area (Å²) in [7, 11) is 1.70. The number of hydrogen-bond acceptors (Lipinski definition) is 6. The summed E-state index contributed by atoms with van der Waals surface area (Å²) in [5.74, 6) is 1.49. The molecule has 1 amide bonds. The minimum Gasteiger partial charge on any atom is -0.383 e. The van der Waals surface area contributed by atoms with Crippen LogP contribution in [0, 0.1) is 5.92 Å².